The summed E-state index contributed by atoms with van der Waals surface area (Å²) >= 11 is 1.35. The van der Waals surface area contributed by atoms with E-state index in [-0.39, 0.29) is 4.90 Å². The third-order valence-corrected chi connectivity index (χ3v) is 4.82. The van der Waals surface area contributed by atoms with Crippen LogP contribution in [0, 0.1) is 6.92 Å². The monoisotopic (exact) mass is 298 g/mol. The Morgan fingerprint density at radius 2 is 1.78 bits per heavy atom. The summed E-state index contributed by atoms with van der Waals surface area (Å²) in [6.45, 7) is 2.02. The molecule has 0 saturated heterocycles. The molecule has 1 aromatic heterocycles. The topological polar surface area (TPSA) is 34.1 Å². The molecule has 0 radical (unpaired) electrons. The third kappa shape index (κ3) is 3.22. The first kappa shape index (κ1) is 13.3. The van der Waals surface area contributed by atoms with E-state index in [9.17, 15) is 8.42 Å². The fourth-order valence-corrected chi connectivity index (χ4v) is 3.80. The van der Waals surface area contributed by atoms with Crippen molar-refractivity contribution in [3.05, 3.63) is 51.7 Å². The number of hydrogen-bond acceptors (Lipinski definition) is 3. The van der Waals surface area contributed by atoms with Crippen molar-refractivity contribution in [3.8, 4) is 0 Å². The van der Waals surface area contributed by atoms with Crippen LogP contribution in [0.3, 0.4) is 0 Å². The van der Waals surface area contributed by atoms with Crippen molar-refractivity contribution in [1.82, 2.24) is 0 Å². The summed E-state index contributed by atoms with van der Waals surface area (Å²) in [5, 5.41) is 1.71. The molecule has 2 nitrogen and oxygen atoms in total. The predicted octanol–water partition coefficient (Wildman–Crippen LogP) is 4.15. The molecule has 2 aromatic rings. The molecule has 0 atom stereocenters. The molecular formula is C13H11ClO2S2. The number of aryl methyl sites for hydroxylation is 1. The molecule has 5 heteroatoms. The van der Waals surface area contributed by atoms with Crippen LogP contribution in [-0.4, -0.2) is 8.42 Å². The van der Waals surface area contributed by atoms with Gasteiger partial charge in [-0.15, -0.1) is 11.3 Å². The van der Waals surface area contributed by atoms with Crippen molar-refractivity contribution in [2.24, 2.45) is 0 Å². The molecule has 0 bridgehead atoms. The van der Waals surface area contributed by atoms with Crippen LogP contribution < -0.4 is 0 Å². The van der Waals surface area contributed by atoms with Gasteiger partial charge in [0.15, 0.2) is 0 Å². The largest absolute Gasteiger partial charge is 0.262 e. The van der Waals surface area contributed by atoms with Crippen molar-refractivity contribution in [1.29, 1.82) is 0 Å². The van der Waals surface area contributed by atoms with Gasteiger partial charge in [-0.3, -0.25) is 0 Å². The van der Waals surface area contributed by atoms with Gasteiger partial charge >= 0.3 is 0 Å². The van der Waals surface area contributed by atoms with Gasteiger partial charge in [0.25, 0.3) is 9.05 Å². The molecule has 0 aliphatic rings. The van der Waals surface area contributed by atoms with Crippen molar-refractivity contribution in [2.45, 2.75) is 11.8 Å². The average Bonchev–Trinajstić information content (AvgIpc) is 2.76. The van der Waals surface area contributed by atoms with Crippen LogP contribution in [0.25, 0.3) is 12.2 Å². The van der Waals surface area contributed by atoms with E-state index < -0.39 is 9.05 Å². The number of rotatable bonds is 3. The summed E-state index contributed by atoms with van der Waals surface area (Å²) in [6, 6.07) is 9.49. The zero-order valence-corrected chi connectivity index (χ0v) is 12.0. The Labute approximate surface area is 115 Å². The summed E-state index contributed by atoms with van der Waals surface area (Å²) in [4.78, 5) is 0.808. The Morgan fingerprint density at radius 3 is 2.39 bits per heavy atom. The SMILES string of the molecule is Cc1ccc(C=Cc2sccc2S(=O)(=O)Cl)cc1. The Kier molecular flexibility index (Phi) is 3.90. The lowest BCUT2D eigenvalue weighted by molar-refractivity contribution is 0.610. The molecule has 0 fully saturated rings. The Morgan fingerprint density at radius 1 is 1.11 bits per heavy atom. The van der Waals surface area contributed by atoms with Crippen molar-refractivity contribution < 1.29 is 8.42 Å². The summed E-state index contributed by atoms with van der Waals surface area (Å²) in [5.74, 6) is 0. The van der Waals surface area contributed by atoms with Gasteiger partial charge in [0.2, 0.25) is 0 Å². The van der Waals surface area contributed by atoms with E-state index in [0.717, 1.165) is 5.56 Å². The third-order valence-electron chi connectivity index (χ3n) is 2.42. The van der Waals surface area contributed by atoms with Gasteiger partial charge in [-0.05, 0) is 30.0 Å². The highest BCUT2D eigenvalue weighted by Gasteiger charge is 2.14. The van der Waals surface area contributed by atoms with Gasteiger partial charge in [0.1, 0.15) is 4.90 Å². The van der Waals surface area contributed by atoms with Crippen LogP contribution in [0.15, 0.2) is 40.6 Å². The first-order valence-corrected chi connectivity index (χ1v) is 8.42. The highest BCUT2D eigenvalue weighted by molar-refractivity contribution is 8.13. The molecule has 0 amide bonds. The maximum Gasteiger partial charge on any atom is 0.262 e. The Balaban J connectivity index is 2.30. The minimum Gasteiger partial charge on any atom is -0.207 e. The Bertz CT molecular complexity index is 667. The summed E-state index contributed by atoms with van der Waals surface area (Å²) in [6.07, 6.45) is 3.64. The fourth-order valence-electron chi connectivity index (χ4n) is 1.48. The van der Waals surface area contributed by atoms with Crippen molar-refractivity contribution >= 4 is 43.2 Å². The molecule has 0 N–H and O–H groups in total. The number of thiophene rings is 1. The smallest absolute Gasteiger partial charge is 0.207 e. The Hall–Kier alpha value is -1.10. The lowest BCUT2D eigenvalue weighted by atomic mass is 10.1. The van der Waals surface area contributed by atoms with Crippen LogP contribution in [0.4, 0.5) is 0 Å². The van der Waals surface area contributed by atoms with Crippen LogP contribution in [0.2, 0.25) is 0 Å². The standard InChI is InChI=1S/C13H11ClO2S2/c1-10-2-4-11(5-3-10)6-7-12-13(8-9-17-12)18(14,15)16/h2-9H,1H3. The maximum absolute atomic E-state index is 11.3. The van der Waals surface area contributed by atoms with Crippen molar-refractivity contribution in [3.63, 3.8) is 0 Å². The summed E-state index contributed by atoms with van der Waals surface area (Å²) in [5.41, 5.74) is 2.21. The van der Waals surface area contributed by atoms with Gasteiger partial charge in [-0.1, -0.05) is 35.9 Å². The zero-order chi connectivity index (χ0) is 13.2. The van der Waals surface area contributed by atoms with E-state index in [4.69, 9.17) is 10.7 Å². The van der Waals surface area contributed by atoms with Gasteiger partial charge in [0, 0.05) is 15.6 Å². The molecular weight excluding hydrogens is 288 g/mol. The molecule has 0 aliphatic carbocycles. The second-order valence-corrected chi connectivity index (χ2v) is 7.31. The van der Waals surface area contributed by atoms with E-state index in [1.54, 1.807) is 11.5 Å². The van der Waals surface area contributed by atoms with E-state index in [2.05, 4.69) is 0 Å². The normalized spacial score (nSPS) is 12.1. The van der Waals surface area contributed by atoms with Crippen molar-refractivity contribution in [2.75, 3.05) is 0 Å². The minimum atomic E-state index is -3.67. The van der Waals surface area contributed by atoms with Gasteiger partial charge in [-0.2, -0.15) is 0 Å². The van der Waals surface area contributed by atoms with Gasteiger partial charge in [0.05, 0.1) is 0 Å². The minimum absolute atomic E-state index is 0.164. The first-order chi connectivity index (χ1) is 8.47. The molecule has 1 heterocycles. The molecule has 18 heavy (non-hydrogen) atoms. The van der Waals surface area contributed by atoms with E-state index >= 15 is 0 Å². The fraction of sp³-hybridized carbons (Fsp3) is 0.0769. The lowest BCUT2D eigenvalue weighted by Gasteiger charge is -1.96. The second-order valence-electron chi connectivity index (χ2n) is 3.83. The number of benzene rings is 1. The summed E-state index contributed by atoms with van der Waals surface area (Å²) < 4.78 is 22.6. The molecule has 94 valence electrons. The van der Waals surface area contributed by atoms with Crippen LogP contribution in [0.5, 0.6) is 0 Å². The van der Waals surface area contributed by atoms with Gasteiger partial charge < -0.3 is 0 Å². The molecule has 1 aromatic carbocycles. The molecule has 0 spiro atoms. The van der Waals surface area contributed by atoms with Crippen LogP contribution in [-0.2, 0) is 9.05 Å². The average molecular weight is 299 g/mol. The molecule has 2 rings (SSSR count). The lowest BCUT2D eigenvalue weighted by Crippen LogP contribution is -1.89. The first-order valence-electron chi connectivity index (χ1n) is 5.24. The highest BCUT2D eigenvalue weighted by atomic mass is 35.7. The molecule has 0 saturated carbocycles. The van der Waals surface area contributed by atoms with E-state index in [1.807, 2.05) is 37.3 Å². The maximum atomic E-state index is 11.3. The van der Waals surface area contributed by atoms with Crippen LogP contribution in [0.1, 0.15) is 16.0 Å². The summed E-state index contributed by atoms with van der Waals surface area (Å²) in [7, 11) is 1.68. The number of hydrogen-bond donors (Lipinski definition) is 0. The highest BCUT2D eigenvalue weighted by Crippen LogP contribution is 2.27. The molecule has 0 unspecified atom stereocenters. The predicted molar refractivity (Wildman–Crippen MR) is 77.5 cm³/mol. The second kappa shape index (κ2) is 5.26. The van der Waals surface area contributed by atoms with E-state index in [1.165, 1.54) is 23.0 Å². The van der Waals surface area contributed by atoms with Crippen LogP contribution >= 0.6 is 22.0 Å². The van der Waals surface area contributed by atoms with E-state index in [0.29, 0.717) is 4.88 Å². The molecule has 0 aliphatic heterocycles. The number of halogens is 1. The quantitative estimate of drug-likeness (QED) is 0.798. The zero-order valence-electron chi connectivity index (χ0n) is 9.63. The van der Waals surface area contributed by atoms with Gasteiger partial charge in [-0.25, -0.2) is 8.42 Å².